The van der Waals surface area contributed by atoms with Crippen molar-refractivity contribution in [2.45, 2.75) is 13.3 Å². The Hall–Kier alpha value is -1.03. The zero-order chi connectivity index (χ0) is 16.7. The lowest BCUT2D eigenvalue weighted by Crippen LogP contribution is -2.41. The molecule has 1 aliphatic rings. The molecule has 8 heteroatoms. The van der Waals surface area contributed by atoms with Crippen LogP contribution in [0.2, 0.25) is 0 Å². The Labute approximate surface area is 161 Å². The van der Waals surface area contributed by atoms with Gasteiger partial charge in [0, 0.05) is 13.6 Å². The minimum Gasteiger partial charge on any atom is -0.492 e. The molecule has 0 radical (unpaired) electrons. The molecule has 136 valence electrons. The summed E-state index contributed by atoms with van der Waals surface area (Å²) in [7, 11) is -1.13. The van der Waals surface area contributed by atoms with Crippen molar-refractivity contribution in [3.05, 3.63) is 29.8 Å². The second-order valence-electron chi connectivity index (χ2n) is 5.81. The second-order valence-corrected chi connectivity index (χ2v) is 8.04. The number of benzene rings is 1. The number of hydrogen-bond acceptors (Lipinski definition) is 4. The van der Waals surface area contributed by atoms with Crippen molar-refractivity contribution in [2.24, 2.45) is 10.9 Å². The summed E-state index contributed by atoms with van der Waals surface area (Å²) < 4.78 is 28.5. The molecule has 24 heavy (non-hydrogen) atoms. The van der Waals surface area contributed by atoms with Crippen LogP contribution >= 0.6 is 24.0 Å². The number of rotatable bonds is 6. The molecule has 1 aliphatic heterocycles. The maximum atomic E-state index is 11.4. The van der Waals surface area contributed by atoms with Crippen molar-refractivity contribution in [1.82, 2.24) is 10.6 Å². The van der Waals surface area contributed by atoms with Gasteiger partial charge >= 0.3 is 0 Å². The summed E-state index contributed by atoms with van der Waals surface area (Å²) in [6.45, 7) is 3.81. The van der Waals surface area contributed by atoms with E-state index in [4.69, 9.17) is 4.74 Å². The van der Waals surface area contributed by atoms with Crippen LogP contribution in [-0.2, 0) is 9.84 Å². The van der Waals surface area contributed by atoms with Crippen LogP contribution in [0.25, 0.3) is 0 Å². The number of aryl methyl sites for hydroxylation is 1. The molecular weight excluding hydrogens is 441 g/mol. The third kappa shape index (κ3) is 7.25. The third-order valence-electron chi connectivity index (χ3n) is 3.79. The highest BCUT2D eigenvalue weighted by molar-refractivity contribution is 14.0. The maximum Gasteiger partial charge on any atom is 0.191 e. The van der Waals surface area contributed by atoms with Gasteiger partial charge in [0.05, 0.1) is 18.1 Å². The first-order valence-electron chi connectivity index (χ1n) is 7.83. The van der Waals surface area contributed by atoms with Crippen LogP contribution in [0.1, 0.15) is 12.0 Å². The van der Waals surface area contributed by atoms with E-state index >= 15 is 0 Å². The van der Waals surface area contributed by atoms with E-state index in [2.05, 4.69) is 15.6 Å². The predicted molar refractivity (Wildman–Crippen MR) is 108 cm³/mol. The highest BCUT2D eigenvalue weighted by Crippen LogP contribution is 2.17. The number of ether oxygens (including phenoxy) is 1. The molecule has 0 bridgehead atoms. The molecule has 1 unspecified atom stereocenters. The van der Waals surface area contributed by atoms with E-state index in [-0.39, 0.29) is 35.6 Å². The van der Waals surface area contributed by atoms with E-state index in [1.54, 1.807) is 7.05 Å². The zero-order valence-electron chi connectivity index (χ0n) is 14.1. The molecule has 2 N–H and O–H groups in total. The lowest BCUT2D eigenvalue weighted by molar-refractivity contribution is 0.321. The quantitative estimate of drug-likeness (QED) is 0.288. The van der Waals surface area contributed by atoms with Gasteiger partial charge in [-0.1, -0.05) is 17.7 Å². The molecule has 1 saturated heterocycles. The summed E-state index contributed by atoms with van der Waals surface area (Å²) in [4.78, 5) is 4.13. The van der Waals surface area contributed by atoms with Gasteiger partial charge in [-0.2, -0.15) is 0 Å². The molecule has 6 nitrogen and oxygen atoms in total. The van der Waals surface area contributed by atoms with Crippen molar-refractivity contribution in [3.8, 4) is 5.75 Å². The third-order valence-corrected chi connectivity index (χ3v) is 5.63. The smallest absolute Gasteiger partial charge is 0.191 e. The molecule has 0 aliphatic carbocycles. The normalized spacial score (nSPS) is 19.4. The lowest BCUT2D eigenvalue weighted by Gasteiger charge is -2.14. The van der Waals surface area contributed by atoms with E-state index in [0.717, 1.165) is 12.2 Å². The van der Waals surface area contributed by atoms with Gasteiger partial charge in [0.15, 0.2) is 15.8 Å². The van der Waals surface area contributed by atoms with Crippen LogP contribution in [0, 0.1) is 12.8 Å². The summed E-state index contributed by atoms with van der Waals surface area (Å²) in [5, 5.41) is 6.33. The first kappa shape index (κ1) is 21.0. The van der Waals surface area contributed by atoms with Gasteiger partial charge in [-0.3, -0.25) is 4.99 Å². The number of nitrogens with one attached hydrogen (secondary N) is 2. The lowest BCUT2D eigenvalue weighted by atomic mass is 10.1. The van der Waals surface area contributed by atoms with E-state index in [1.165, 1.54) is 5.56 Å². The molecule has 0 aromatic heterocycles. The van der Waals surface area contributed by atoms with Gasteiger partial charge in [0.25, 0.3) is 0 Å². The van der Waals surface area contributed by atoms with Gasteiger partial charge in [0.2, 0.25) is 0 Å². The molecule has 0 saturated carbocycles. The first-order valence-corrected chi connectivity index (χ1v) is 9.65. The number of sulfone groups is 1. The highest BCUT2D eigenvalue weighted by Gasteiger charge is 2.27. The Balaban J connectivity index is 0.00000288. The van der Waals surface area contributed by atoms with E-state index in [9.17, 15) is 8.42 Å². The van der Waals surface area contributed by atoms with Crippen LogP contribution in [0.15, 0.2) is 29.3 Å². The Morgan fingerprint density at radius 1 is 1.29 bits per heavy atom. The molecule has 1 heterocycles. The fourth-order valence-electron chi connectivity index (χ4n) is 2.47. The van der Waals surface area contributed by atoms with E-state index < -0.39 is 9.84 Å². The van der Waals surface area contributed by atoms with Crippen LogP contribution in [-0.4, -0.2) is 52.6 Å². The Morgan fingerprint density at radius 3 is 2.58 bits per heavy atom. The minimum atomic E-state index is -2.83. The van der Waals surface area contributed by atoms with Crippen LogP contribution in [0.5, 0.6) is 5.75 Å². The summed E-state index contributed by atoms with van der Waals surface area (Å²) in [5.41, 5.74) is 1.20. The van der Waals surface area contributed by atoms with E-state index in [1.807, 2.05) is 31.2 Å². The average Bonchev–Trinajstić information content (AvgIpc) is 2.87. The van der Waals surface area contributed by atoms with Gasteiger partial charge in [-0.25, -0.2) is 8.42 Å². The van der Waals surface area contributed by atoms with Gasteiger partial charge in [-0.05, 0) is 31.4 Å². The number of guanidine groups is 1. The summed E-state index contributed by atoms with van der Waals surface area (Å²) in [5.74, 6) is 2.25. The fraction of sp³-hybridized carbons (Fsp3) is 0.562. The van der Waals surface area contributed by atoms with Gasteiger partial charge in [0.1, 0.15) is 12.4 Å². The molecular formula is C16H26IN3O3S. The Bertz CT molecular complexity index is 632. The molecule has 1 aromatic rings. The zero-order valence-corrected chi connectivity index (χ0v) is 17.3. The van der Waals surface area contributed by atoms with Gasteiger partial charge in [-0.15, -0.1) is 24.0 Å². The predicted octanol–water partition coefficient (Wildman–Crippen LogP) is 1.59. The van der Waals surface area contributed by atoms with Crippen LogP contribution < -0.4 is 15.4 Å². The standard InChI is InChI=1S/C16H25N3O3S.HI/c1-13-3-5-15(6-4-13)22-9-8-18-16(17-2)19-11-14-7-10-23(20,21)12-14;/h3-6,14H,7-12H2,1-2H3,(H2,17,18,19);1H. The highest BCUT2D eigenvalue weighted by atomic mass is 127. The van der Waals surface area contributed by atoms with Crippen molar-refractivity contribution < 1.29 is 13.2 Å². The molecule has 0 spiro atoms. The Kier molecular flexibility index (Phi) is 8.82. The molecule has 1 atom stereocenters. The van der Waals surface area contributed by atoms with Crippen molar-refractivity contribution >= 4 is 39.8 Å². The van der Waals surface area contributed by atoms with Crippen molar-refractivity contribution in [2.75, 3.05) is 38.2 Å². The van der Waals surface area contributed by atoms with Crippen molar-refractivity contribution in [3.63, 3.8) is 0 Å². The second kappa shape index (κ2) is 10.1. The molecule has 1 aromatic carbocycles. The number of hydrogen-bond donors (Lipinski definition) is 2. The number of nitrogens with zero attached hydrogens (tertiary/aromatic N) is 1. The Morgan fingerprint density at radius 2 is 2.00 bits per heavy atom. The van der Waals surface area contributed by atoms with Gasteiger partial charge < -0.3 is 15.4 Å². The molecule has 1 fully saturated rings. The monoisotopic (exact) mass is 467 g/mol. The average molecular weight is 467 g/mol. The number of aliphatic imine (C=N–C) groups is 1. The van der Waals surface area contributed by atoms with Crippen LogP contribution in [0.4, 0.5) is 0 Å². The minimum absolute atomic E-state index is 0. The van der Waals surface area contributed by atoms with Crippen LogP contribution in [0.3, 0.4) is 0 Å². The van der Waals surface area contributed by atoms with Crippen molar-refractivity contribution in [1.29, 1.82) is 0 Å². The topological polar surface area (TPSA) is 79.8 Å². The fourth-order valence-corrected chi connectivity index (χ4v) is 4.33. The van der Waals surface area contributed by atoms with E-state index in [0.29, 0.717) is 31.4 Å². The largest absolute Gasteiger partial charge is 0.492 e. The number of halogens is 1. The maximum absolute atomic E-state index is 11.4. The summed E-state index contributed by atoms with van der Waals surface area (Å²) in [6.07, 6.45) is 0.725. The first-order chi connectivity index (χ1) is 11.0. The molecule has 0 amide bonds. The SMILES string of the molecule is CN=C(NCCOc1ccc(C)cc1)NCC1CCS(=O)(=O)C1.I. The summed E-state index contributed by atoms with van der Waals surface area (Å²) >= 11 is 0. The summed E-state index contributed by atoms with van der Waals surface area (Å²) in [6, 6.07) is 7.92. The molecule has 2 rings (SSSR count).